The normalized spacial score (nSPS) is 12.5. The molecule has 0 amide bonds. The van der Waals surface area contributed by atoms with Crippen molar-refractivity contribution in [1.82, 2.24) is 0 Å². The van der Waals surface area contributed by atoms with E-state index >= 15 is 0 Å². The molecule has 0 aromatic rings. The van der Waals surface area contributed by atoms with E-state index in [1.807, 2.05) is 6.92 Å². The van der Waals surface area contributed by atoms with Gasteiger partial charge in [-0.1, -0.05) is 0 Å². The van der Waals surface area contributed by atoms with Gasteiger partial charge in [0.15, 0.2) is 0 Å². The van der Waals surface area contributed by atoms with Gasteiger partial charge in [-0.2, -0.15) is 0 Å². The molecule has 6 heavy (non-hydrogen) atoms. The van der Waals surface area contributed by atoms with Crippen molar-refractivity contribution in [1.29, 1.82) is 0 Å². The van der Waals surface area contributed by atoms with E-state index in [-0.39, 0.29) is 25.5 Å². The van der Waals surface area contributed by atoms with E-state index in [1.54, 1.807) is 0 Å². The van der Waals surface area contributed by atoms with Crippen LogP contribution < -0.4 is 11.5 Å². The van der Waals surface area contributed by atoms with Gasteiger partial charge >= 0.3 is 0 Å². The van der Waals surface area contributed by atoms with Crippen LogP contribution in [0.25, 0.3) is 0 Å². The summed E-state index contributed by atoms with van der Waals surface area (Å²) in [7, 11) is 0. The zero-order valence-electron chi connectivity index (χ0n) is 4.15. The molecule has 0 spiro atoms. The van der Waals surface area contributed by atoms with Crippen molar-refractivity contribution in [3.8, 4) is 0 Å². The van der Waals surface area contributed by atoms with Gasteiger partial charge in [-0.3, -0.25) is 0 Å². The fourth-order valence-corrected chi connectivity index (χ4v) is 0. The Kier molecular flexibility index (Phi) is 9.00. The summed E-state index contributed by atoms with van der Waals surface area (Å²) < 4.78 is 0. The predicted octanol–water partition coefficient (Wildman–Crippen LogP) is -0.710. The van der Waals surface area contributed by atoms with E-state index in [2.05, 4.69) is 0 Å². The van der Waals surface area contributed by atoms with Crippen molar-refractivity contribution >= 4 is 0 Å². The molecule has 0 fully saturated rings. The van der Waals surface area contributed by atoms with Gasteiger partial charge in [0.25, 0.3) is 0 Å². The van der Waals surface area contributed by atoms with Gasteiger partial charge in [-0.25, -0.2) is 0 Å². The molecule has 0 bridgehead atoms. The molecule has 0 aliphatic rings. The average molecular weight is 140 g/mol. The summed E-state index contributed by atoms with van der Waals surface area (Å²) in [6.07, 6.45) is 0. The molecule has 3 heteroatoms. The summed E-state index contributed by atoms with van der Waals surface area (Å²) in [6.45, 7) is 2.46. The predicted molar refractivity (Wildman–Crippen MR) is 22.7 cm³/mol. The smallest absolute Gasteiger partial charge is 0.0134 e. The first-order chi connectivity index (χ1) is 2.27. The molecular weight excluding hydrogens is 129 g/mol. The third kappa shape index (κ3) is 8.82. The van der Waals surface area contributed by atoms with Crippen molar-refractivity contribution in [2.45, 2.75) is 13.0 Å². The molecule has 2 nitrogen and oxygen atoms in total. The van der Waals surface area contributed by atoms with Crippen LogP contribution in [0.15, 0.2) is 0 Å². The Bertz CT molecular complexity index is 22.8. The SMILES string of the molecule is CC(N)CN.[Zn]. The Morgan fingerprint density at radius 2 is 1.83 bits per heavy atom. The Balaban J connectivity index is 0. The number of hydrogen-bond acceptors (Lipinski definition) is 2. The van der Waals surface area contributed by atoms with Gasteiger partial charge in [-0.05, 0) is 6.92 Å². The standard InChI is InChI=1S/C3H10N2.Zn/c1-3(5)2-4;/h3H,2,4-5H2,1H3;. The van der Waals surface area contributed by atoms with Crippen molar-refractivity contribution in [3.05, 3.63) is 0 Å². The summed E-state index contributed by atoms with van der Waals surface area (Å²) in [4.78, 5) is 0. The molecule has 0 rings (SSSR count). The molecule has 1 atom stereocenters. The largest absolute Gasteiger partial charge is 0.329 e. The van der Waals surface area contributed by atoms with Gasteiger partial charge in [0.2, 0.25) is 0 Å². The zero-order chi connectivity index (χ0) is 4.28. The third-order valence-electron chi connectivity index (χ3n) is 0.372. The fourth-order valence-electron chi connectivity index (χ4n) is 0. The molecule has 4 N–H and O–H groups in total. The van der Waals surface area contributed by atoms with Crippen LogP contribution in [0.2, 0.25) is 0 Å². The molecule has 0 saturated carbocycles. The first-order valence-corrected chi connectivity index (χ1v) is 1.73. The fraction of sp³-hybridized carbons (Fsp3) is 1.00. The van der Waals surface area contributed by atoms with Gasteiger partial charge in [0.1, 0.15) is 0 Å². The van der Waals surface area contributed by atoms with Crippen LogP contribution in [0.1, 0.15) is 6.92 Å². The molecule has 0 aromatic heterocycles. The summed E-state index contributed by atoms with van der Waals surface area (Å²) in [5, 5.41) is 0. The topological polar surface area (TPSA) is 52.0 Å². The van der Waals surface area contributed by atoms with Crippen LogP contribution in [0.5, 0.6) is 0 Å². The Morgan fingerprint density at radius 3 is 1.83 bits per heavy atom. The molecule has 34 valence electrons. The second kappa shape index (κ2) is 5.54. The second-order valence-electron chi connectivity index (χ2n) is 1.21. The first-order valence-electron chi connectivity index (χ1n) is 1.73. The number of nitrogens with two attached hydrogens (primary N) is 2. The van der Waals surface area contributed by atoms with E-state index < -0.39 is 0 Å². The van der Waals surface area contributed by atoms with Crippen molar-refractivity contribution in [2.75, 3.05) is 6.54 Å². The van der Waals surface area contributed by atoms with Crippen LogP contribution in [0.3, 0.4) is 0 Å². The van der Waals surface area contributed by atoms with Crippen LogP contribution >= 0.6 is 0 Å². The van der Waals surface area contributed by atoms with Gasteiger partial charge in [0, 0.05) is 32.1 Å². The summed E-state index contributed by atoms with van der Waals surface area (Å²) >= 11 is 0. The second-order valence-corrected chi connectivity index (χ2v) is 1.21. The number of rotatable bonds is 1. The van der Waals surface area contributed by atoms with Crippen LogP contribution in [0.4, 0.5) is 0 Å². The zero-order valence-corrected chi connectivity index (χ0v) is 7.11. The van der Waals surface area contributed by atoms with E-state index in [1.165, 1.54) is 0 Å². The minimum atomic E-state index is 0. The molecule has 0 aliphatic heterocycles. The molecule has 0 radical (unpaired) electrons. The van der Waals surface area contributed by atoms with Crippen LogP contribution in [-0.2, 0) is 19.5 Å². The molecule has 0 aliphatic carbocycles. The van der Waals surface area contributed by atoms with Crippen molar-refractivity contribution < 1.29 is 19.5 Å². The van der Waals surface area contributed by atoms with E-state index in [0.29, 0.717) is 6.54 Å². The van der Waals surface area contributed by atoms with E-state index in [4.69, 9.17) is 11.5 Å². The van der Waals surface area contributed by atoms with E-state index in [9.17, 15) is 0 Å². The molecule has 0 saturated heterocycles. The molecule has 0 aromatic carbocycles. The van der Waals surface area contributed by atoms with Gasteiger partial charge in [0.05, 0.1) is 0 Å². The quantitative estimate of drug-likeness (QED) is 0.472. The Labute approximate surface area is 51.0 Å². The summed E-state index contributed by atoms with van der Waals surface area (Å²) in [5.74, 6) is 0. The maximum absolute atomic E-state index is 5.17. The maximum atomic E-state index is 5.17. The summed E-state index contributed by atoms with van der Waals surface area (Å²) in [6, 6.07) is 0.162. The van der Waals surface area contributed by atoms with Crippen molar-refractivity contribution in [2.24, 2.45) is 11.5 Å². The minimum absolute atomic E-state index is 0. The maximum Gasteiger partial charge on any atom is 0.0134 e. The van der Waals surface area contributed by atoms with E-state index in [0.717, 1.165) is 0 Å². The molecular formula is C3H10N2Zn. The van der Waals surface area contributed by atoms with Gasteiger partial charge in [-0.15, -0.1) is 0 Å². The van der Waals surface area contributed by atoms with Crippen molar-refractivity contribution in [3.63, 3.8) is 0 Å². The first kappa shape index (κ1) is 9.74. The Morgan fingerprint density at radius 1 is 1.67 bits per heavy atom. The average Bonchev–Trinajstić information content (AvgIpc) is 1.38. The molecule has 0 heterocycles. The Hall–Kier alpha value is 0.543. The van der Waals surface area contributed by atoms with Crippen LogP contribution in [-0.4, -0.2) is 12.6 Å². The third-order valence-corrected chi connectivity index (χ3v) is 0.372. The number of hydrogen-bond donors (Lipinski definition) is 2. The molecule has 1 unspecified atom stereocenters. The monoisotopic (exact) mass is 138 g/mol. The minimum Gasteiger partial charge on any atom is -0.329 e. The van der Waals surface area contributed by atoms with Crippen LogP contribution in [0, 0.1) is 0 Å². The van der Waals surface area contributed by atoms with Gasteiger partial charge < -0.3 is 11.5 Å². The summed E-state index contributed by atoms with van der Waals surface area (Å²) in [5.41, 5.74) is 10.2.